The smallest absolute Gasteiger partial charge is 0.266 e. The molecule has 3 atom stereocenters. The van der Waals surface area contributed by atoms with Gasteiger partial charge in [0.25, 0.3) is 5.91 Å². The van der Waals surface area contributed by atoms with Crippen LogP contribution in [-0.4, -0.2) is 17.9 Å². The molecule has 36 heavy (non-hydrogen) atoms. The molecule has 0 saturated carbocycles. The van der Waals surface area contributed by atoms with Crippen LogP contribution < -0.4 is 9.96 Å². The average molecular weight is 631 g/mol. The number of benzene rings is 3. The van der Waals surface area contributed by atoms with Gasteiger partial charge in [0.05, 0.1) is 21.4 Å². The maximum Gasteiger partial charge on any atom is 0.266 e. The predicted octanol–water partition coefficient (Wildman–Crippen LogP) is 6.91. The highest BCUT2D eigenvalue weighted by Crippen LogP contribution is 2.48. The van der Waals surface area contributed by atoms with Crippen molar-refractivity contribution < 1.29 is 18.8 Å². The Balaban J connectivity index is 1.43. The van der Waals surface area contributed by atoms with Crippen molar-refractivity contribution >= 4 is 69.0 Å². The SMILES string of the molecule is O=C1[C@@H]2[C@@H](ON(c3ccccc3)[C@H]2c2ccc(-c3ccc(Cl)c(Cl)c3)o2)C(=O)N1c1ccccc1I. The summed E-state index contributed by atoms with van der Waals surface area (Å²) in [6.45, 7) is 0. The summed E-state index contributed by atoms with van der Waals surface area (Å²) in [4.78, 5) is 34.7. The van der Waals surface area contributed by atoms with Crippen molar-refractivity contribution in [2.45, 2.75) is 12.1 Å². The maximum absolute atomic E-state index is 13.8. The molecule has 180 valence electrons. The highest BCUT2D eigenvalue weighted by atomic mass is 127. The number of nitrogens with zero attached hydrogens (tertiary/aromatic N) is 2. The van der Waals surface area contributed by atoms with Crippen LogP contribution in [0.4, 0.5) is 11.4 Å². The van der Waals surface area contributed by atoms with Crippen molar-refractivity contribution in [2.24, 2.45) is 5.92 Å². The molecule has 2 aliphatic heterocycles. The number of carbonyl (C=O) groups is 2. The Morgan fingerprint density at radius 2 is 1.56 bits per heavy atom. The van der Waals surface area contributed by atoms with Gasteiger partial charge in [-0.2, -0.15) is 0 Å². The number of carbonyl (C=O) groups excluding carboxylic acids is 2. The summed E-state index contributed by atoms with van der Waals surface area (Å²) >= 11 is 14.4. The van der Waals surface area contributed by atoms with E-state index in [0.29, 0.717) is 32.9 Å². The lowest BCUT2D eigenvalue weighted by Crippen LogP contribution is -2.37. The third kappa shape index (κ3) is 3.82. The average Bonchev–Trinajstić information content (AvgIpc) is 3.57. The van der Waals surface area contributed by atoms with Crippen LogP contribution >= 0.6 is 45.8 Å². The largest absolute Gasteiger partial charge is 0.459 e. The van der Waals surface area contributed by atoms with E-state index >= 15 is 0 Å². The van der Waals surface area contributed by atoms with Gasteiger partial charge in [0.15, 0.2) is 6.10 Å². The number of hydroxylamine groups is 1. The molecule has 2 aliphatic rings. The molecule has 0 unspecified atom stereocenters. The monoisotopic (exact) mass is 630 g/mol. The lowest BCUT2D eigenvalue weighted by Gasteiger charge is -2.27. The van der Waals surface area contributed by atoms with Gasteiger partial charge < -0.3 is 4.42 Å². The van der Waals surface area contributed by atoms with Gasteiger partial charge in [0.2, 0.25) is 5.91 Å². The summed E-state index contributed by atoms with van der Waals surface area (Å²) in [5.74, 6) is -0.454. The molecule has 3 aromatic carbocycles. The normalized spacial score (nSPS) is 21.4. The second kappa shape index (κ2) is 9.23. The molecule has 1 aromatic heterocycles. The number of halogens is 3. The molecule has 2 fully saturated rings. The van der Waals surface area contributed by atoms with Gasteiger partial charge in [-0.05, 0) is 77.2 Å². The fourth-order valence-electron chi connectivity index (χ4n) is 4.69. The van der Waals surface area contributed by atoms with Crippen LogP contribution in [0.5, 0.6) is 0 Å². The van der Waals surface area contributed by atoms with E-state index in [2.05, 4.69) is 22.6 Å². The quantitative estimate of drug-likeness (QED) is 0.181. The first-order valence-corrected chi connectivity index (χ1v) is 13.0. The Morgan fingerprint density at radius 1 is 0.806 bits per heavy atom. The van der Waals surface area contributed by atoms with Crippen molar-refractivity contribution in [2.75, 3.05) is 9.96 Å². The summed E-state index contributed by atoms with van der Waals surface area (Å²) in [6, 6.07) is 24.8. The summed E-state index contributed by atoms with van der Waals surface area (Å²) in [5.41, 5.74) is 2.00. The molecule has 4 aromatic rings. The van der Waals surface area contributed by atoms with Crippen molar-refractivity contribution in [3.8, 4) is 11.3 Å². The zero-order chi connectivity index (χ0) is 25.0. The van der Waals surface area contributed by atoms with E-state index in [1.54, 1.807) is 35.4 Å². The Morgan fingerprint density at radius 3 is 2.31 bits per heavy atom. The number of hydrogen-bond donors (Lipinski definition) is 0. The summed E-state index contributed by atoms with van der Waals surface area (Å²) in [6.07, 6.45) is -0.975. The highest BCUT2D eigenvalue weighted by molar-refractivity contribution is 14.1. The zero-order valence-electron chi connectivity index (χ0n) is 18.5. The second-order valence-corrected chi connectivity index (χ2v) is 10.4. The van der Waals surface area contributed by atoms with Crippen molar-refractivity contribution in [3.05, 3.63) is 104 Å². The van der Waals surface area contributed by atoms with E-state index in [9.17, 15) is 9.59 Å². The van der Waals surface area contributed by atoms with Crippen LogP contribution in [0.15, 0.2) is 89.3 Å². The molecule has 0 aliphatic carbocycles. The van der Waals surface area contributed by atoms with Gasteiger partial charge in [-0.25, -0.2) is 9.96 Å². The number of anilines is 2. The van der Waals surface area contributed by atoms with E-state index in [-0.39, 0.29) is 5.91 Å². The van der Waals surface area contributed by atoms with E-state index in [4.69, 9.17) is 32.5 Å². The van der Waals surface area contributed by atoms with Crippen molar-refractivity contribution in [3.63, 3.8) is 0 Å². The second-order valence-electron chi connectivity index (χ2n) is 8.45. The van der Waals surface area contributed by atoms with E-state index in [1.165, 1.54) is 4.90 Å². The lowest BCUT2D eigenvalue weighted by atomic mass is 9.94. The summed E-state index contributed by atoms with van der Waals surface area (Å²) in [5, 5.41) is 2.46. The van der Waals surface area contributed by atoms with Crippen molar-refractivity contribution in [1.29, 1.82) is 0 Å². The lowest BCUT2D eigenvalue weighted by molar-refractivity contribution is -0.126. The molecule has 0 spiro atoms. The van der Waals surface area contributed by atoms with Gasteiger partial charge in [-0.15, -0.1) is 0 Å². The molecule has 0 bridgehead atoms. The number of imide groups is 1. The topological polar surface area (TPSA) is 63.0 Å². The van der Waals surface area contributed by atoms with Crippen LogP contribution in [-0.2, 0) is 14.4 Å². The molecule has 0 radical (unpaired) electrons. The van der Waals surface area contributed by atoms with Crippen LogP contribution in [0.3, 0.4) is 0 Å². The molecule has 9 heteroatoms. The minimum atomic E-state index is -0.975. The van der Waals surface area contributed by atoms with E-state index in [1.807, 2.05) is 54.6 Å². The van der Waals surface area contributed by atoms with Gasteiger partial charge in [0.1, 0.15) is 23.5 Å². The molecule has 6 rings (SSSR count). The Kier molecular flexibility index (Phi) is 6.03. The number of para-hydroxylation sites is 2. The molecule has 2 saturated heterocycles. The first-order chi connectivity index (χ1) is 17.4. The predicted molar refractivity (Wildman–Crippen MR) is 146 cm³/mol. The third-order valence-electron chi connectivity index (χ3n) is 6.34. The maximum atomic E-state index is 13.8. The third-order valence-corrected chi connectivity index (χ3v) is 7.99. The fraction of sp³-hybridized carbons (Fsp3) is 0.111. The van der Waals surface area contributed by atoms with Gasteiger partial charge in [-0.3, -0.25) is 14.4 Å². The first-order valence-electron chi connectivity index (χ1n) is 11.1. The Bertz CT molecular complexity index is 1490. The Hall–Kier alpha value is -2.85. The molecular formula is C27H17Cl2IN2O4. The van der Waals surface area contributed by atoms with Crippen LogP contribution in [0.1, 0.15) is 11.8 Å². The van der Waals surface area contributed by atoms with Gasteiger partial charge >= 0.3 is 0 Å². The summed E-state index contributed by atoms with van der Waals surface area (Å²) in [7, 11) is 0. The Labute approximate surface area is 230 Å². The number of furan rings is 1. The van der Waals surface area contributed by atoms with E-state index in [0.717, 1.165) is 9.13 Å². The molecule has 0 N–H and O–H groups in total. The number of amides is 2. The van der Waals surface area contributed by atoms with Crippen LogP contribution in [0.2, 0.25) is 10.0 Å². The molecular weight excluding hydrogens is 614 g/mol. The number of hydrogen-bond acceptors (Lipinski definition) is 5. The molecule has 2 amide bonds. The fourth-order valence-corrected chi connectivity index (χ4v) is 5.62. The van der Waals surface area contributed by atoms with Crippen LogP contribution in [0.25, 0.3) is 11.3 Å². The highest BCUT2D eigenvalue weighted by Gasteiger charge is 2.61. The number of rotatable bonds is 4. The first kappa shape index (κ1) is 23.5. The van der Waals surface area contributed by atoms with E-state index < -0.39 is 24.0 Å². The minimum Gasteiger partial charge on any atom is -0.459 e. The van der Waals surface area contributed by atoms with Crippen LogP contribution in [0, 0.1) is 9.49 Å². The van der Waals surface area contributed by atoms with Gasteiger partial charge in [-0.1, -0.05) is 53.5 Å². The number of fused-ring (bicyclic) bond motifs is 1. The minimum absolute atomic E-state index is 0.329. The van der Waals surface area contributed by atoms with Crippen molar-refractivity contribution in [1.82, 2.24) is 0 Å². The zero-order valence-corrected chi connectivity index (χ0v) is 22.1. The molecule has 3 heterocycles. The van der Waals surface area contributed by atoms with Gasteiger partial charge in [0, 0.05) is 9.13 Å². The summed E-state index contributed by atoms with van der Waals surface area (Å²) < 4.78 is 7.05. The standard InChI is InChI=1S/C27H17Cl2IN2O4/c28-17-11-10-15(14-18(17)29)21-12-13-22(35-21)24-23-25(36-32(24)16-6-2-1-3-7-16)27(34)31(26(23)33)20-9-5-4-8-19(20)30/h1-14,23-25H/t23-,24-,25+/m0/s1. The molecule has 6 nitrogen and oxygen atoms in total.